The van der Waals surface area contributed by atoms with Crippen molar-refractivity contribution in [3.05, 3.63) is 27.4 Å². The highest BCUT2D eigenvalue weighted by Crippen LogP contribution is 2.25. The largest absolute Gasteiger partial charge is 0.366 e. The van der Waals surface area contributed by atoms with E-state index in [4.69, 9.17) is 21.1 Å². The molecule has 0 aliphatic carbocycles. The maximum Gasteiger partial charge on any atom is 0.289 e. The summed E-state index contributed by atoms with van der Waals surface area (Å²) in [6.45, 7) is 4.62. The quantitative estimate of drug-likeness (QED) is 0.675. The van der Waals surface area contributed by atoms with Crippen LogP contribution in [0.2, 0.25) is 5.02 Å². The molecule has 104 valence electrons. The third-order valence-corrected chi connectivity index (χ3v) is 2.89. The first-order chi connectivity index (χ1) is 8.87. The Balaban J connectivity index is 1.95. The zero-order valence-electron chi connectivity index (χ0n) is 10.6. The minimum Gasteiger partial charge on any atom is -0.366 e. The summed E-state index contributed by atoms with van der Waals surface area (Å²) >= 11 is 5.91. The Labute approximate surface area is 115 Å². The summed E-state index contributed by atoms with van der Waals surface area (Å²) in [6, 6.07) is 1.26. The Bertz CT molecular complexity index is 495. The molecule has 1 fully saturated rings. The molecule has 1 N–H and O–H groups in total. The van der Waals surface area contributed by atoms with Gasteiger partial charge >= 0.3 is 0 Å². The van der Waals surface area contributed by atoms with Gasteiger partial charge in [0.1, 0.15) is 18.1 Å². The van der Waals surface area contributed by atoms with Gasteiger partial charge in [-0.05, 0) is 13.8 Å². The van der Waals surface area contributed by atoms with E-state index in [2.05, 4.69) is 10.3 Å². The molecule has 2 heterocycles. The van der Waals surface area contributed by atoms with Crippen molar-refractivity contribution in [2.45, 2.75) is 25.7 Å². The van der Waals surface area contributed by atoms with Crippen molar-refractivity contribution in [2.24, 2.45) is 0 Å². The fraction of sp³-hybridized carbons (Fsp3) is 0.545. The highest BCUT2D eigenvalue weighted by Gasteiger charge is 2.32. The summed E-state index contributed by atoms with van der Waals surface area (Å²) in [4.78, 5) is 13.9. The molecule has 0 radical (unpaired) electrons. The molecule has 2 rings (SSSR count). The first-order valence-electron chi connectivity index (χ1n) is 5.73. The fourth-order valence-electron chi connectivity index (χ4n) is 1.73. The molecule has 1 aromatic rings. The lowest BCUT2D eigenvalue weighted by Crippen LogP contribution is -2.26. The summed E-state index contributed by atoms with van der Waals surface area (Å²) < 4.78 is 11.0. The molecular weight excluding hydrogens is 274 g/mol. The molecule has 1 unspecified atom stereocenters. The number of aromatic nitrogens is 1. The molecule has 8 heteroatoms. The SMILES string of the molecule is CC1(C)OCC(CNc2ncc([N+](=O)[O-])cc2Cl)O1. The number of hydrogen-bond donors (Lipinski definition) is 1. The predicted molar refractivity (Wildman–Crippen MR) is 69.3 cm³/mol. The van der Waals surface area contributed by atoms with Gasteiger partial charge < -0.3 is 14.8 Å². The van der Waals surface area contributed by atoms with Gasteiger partial charge in [-0.25, -0.2) is 4.98 Å². The van der Waals surface area contributed by atoms with Crippen LogP contribution in [0.15, 0.2) is 12.3 Å². The lowest BCUT2D eigenvalue weighted by atomic mass is 10.3. The summed E-state index contributed by atoms with van der Waals surface area (Å²) in [6.07, 6.45) is 1.05. The molecule has 0 amide bonds. The Morgan fingerprint density at radius 3 is 2.95 bits per heavy atom. The monoisotopic (exact) mass is 287 g/mol. The second-order valence-electron chi connectivity index (χ2n) is 4.61. The highest BCUT2D eigenvalue weighted by molar-refractivity contribution is 6.33. The smallest absolute Gasteiger partial charge is 0.289 e. The number of pyridine rings is 1. The summed E-state index contributed by atoms with van der Waals surface area (Å²) in [7, 11) is 0. The van der Waals surface area contributed by atoms with Gasteiger partial charge in [-0.1, -0.05) is 11.6 Å². The molecule has 19 heavy (non-hydrogen) atoms. The van der Waals surface area contributed by atoms with Gasteiger partial charge in [-0.3, -0.25) is 10.1 Å². The summed E-state index contributed by atoms with van der Waals surface area (Å²) in [5.74, 6) is -0.195. The maximum absolute atomic E-state index is 10.6. The highest BCUT2D eigenvalue weighted by atomic mass is 35.5. The molecular formula is C11H14ClN3O4. The van der Waals surface area contributed by atoms with Crippen LogP contribution in [0.25, 0.3) is 0 Å². The molecule has 1 aliphatic rings. The van der Waals surface area contributed by atoms with Crippen LogP contribution in [-0.4, -0.2) is 35.0 Å². The van der Waals surface area contributed by atoms with Crippen molar-refractivity contribution in [3.8, 4) is 0 Å². The van der Waals surface area contributed by atoms with E-state index in [0.717, 1.165) is 6.20 Å². The van der Waals surface area contributed by atoms with Crippen LogP contribution < -0.4 is 5.32 Å². The fourth-order valence-corrected chi connectivity index (χ4v) is 1.96. The molecule has 0 saturated carbocycles. The number of nitrogens with one attached hydrogen (secondary N) is 1. The van der Waals surface area contributed by atoms with E-state index in [0.29, 0.717) is 19.0 Å². The second kappa shape index (κ2) is 5.28. The molecule has 1 aliphatic heterocycles. The van der Waals surface area contributed by atoms with E-state index in [-0.39, 0.29) is 16.8 Å². The van der Waals surface area contributed by atoms with E-state index in [9.17, 15) is 10.1 Å². The van der Waals surface area contributed by atoms with Crippen molar-refractivity contribution < 1.29 is 14.4 Å². The van der Waals surface area contributed by atoms with E-state index in [1.165, 1.54) is 6.07 Å². The van der Waals surface area contributed by atoms with Crippen molar-refractivity contribution in [2.75, 3.05) is 18.5 Å². The third kappa shape index (κ3) is 3.52. The van der Waals surface area contributed by atoms with Gasteiger partial charge in [-0.2, -0.15) is 0 Å². The Hall–Kier alpha value is -1.44. The lowest BCUT2D eigenvalue weighted by molar-refractivity contribution is -0.385. The Morgan fingerprint density at radius 1 is 1.68 bits per heavy atom. The molecule has 1 aromatic heterocycles. The van der Waals surface area contributed by atoms with E-state index < -0.39 is 10.7 Å². The minimum atomic E-state index is -0.584. The van der Waals surface area contributed by atoms with Gasteiger partial charge in [-0.15, -0.1) is 0 Å². The van der Waals surface area contributed by atoms with Crippen LogP contribution in [-0.2, 0) is 9.47 Å². The average Bonchev–Trinajstić information content (AvgIpc) is 2.67. The van der Waals surface area contributed by atoms with Crippen LogP contribution in [0.3, 0.4) is 0 Å². The number of nitro groups is 1. The number of nitrogens with zero attached hydrogens (tertiary/aromatic N) is 2. The van der Waals surface area contributed by atoms with Gasteiger partial charge in [0.2, 0.25) is 0 Å². The van der Waals surface area contributed by atoms with E-state index in [1.807, 2.05) is 13.8 Å². The van der Waals surface area contributed by atoms with Crippen molar-refractivity contribution in [1.29, 1.82) is 0 Å². The van der Waals surface area contributed by atoms with Crippen LogP contribution in [0.5, 0.6) is 0 Å². The predicted octanol–water partition coefficient (Wildman–Crippen LogP) is 2.21. The van der Waals surface area contributed by atoms with Crippen molar-refractivity contribution in [1.82, 2.24) is 4.98 Å². The average molecular weight is 288 g/mol. The number of halogens is 1. The molecule has 0 aromatic carbocycles. The topological polar surface area (TPSA) is 86.5 Å². The zero-order chi connectivity index (χ0) is 14.0. The third-order valence-electron chi connectivity index (χ3n) is 2.60. The normalized spacial score (nSPS) is 21.3. The number of ether oxygens (including phenoxy) is 2. The van der Waals surface area contributed by atoms with Gasteiger partial charge in [0.05, 0.1) is 16.6 Å². The van der Waals surface area contributed by atoms with E-state index >= 15 is 0 Å². The molecule has 7 nitrogen and oxygen atoms in total. The first kappa shape index (κ1) is 14.0. The molecule has 1 atom stereocenters. The van der Waals surface area contributed by atoms with Crippen LogP contribution >= 0.6 is 11.6 Å². The molecule has 1 saturated heterocycles. The molecule has 0 spiro atoms. The standard InChI is InChI=1S/C11H14ClN3O4/c1-11(2)18-6-8(19-11)5-14-10-9(12)3-7(4-13-10)15(16)17/h3-4,8H,5-6H2,1-2H3,(H,13,14). The summed E-state index contributed by atoms with van der Waals surface area (Å²) in [5.41, 5.74) is -0.142. The minimum absolute atomic E-state index is 0.108. The zero-order valence-corrected chi connectivity index (χ0v) is 11.3. The van der Waals surface area contributed by atoms with Gasteiger partial charge in [0.25, 0.3) is 5.69 Å². The Morgan fingerprint density at radius 2 is 2.42 bits per heavy atom. The Kier molecular flexibility index (Phi) is 3.88. The summed E-state index contributed by atoms with van der Waals surface area (Å²) in [5, 5.41) is 13.7. The number of anilines is 1. The van der Waals surface area contributed by atoms with Crippen molar-refractivity contribution >= 4 is 23.1 Å². The van der Waals surface area contributed by atoms with Crippen molar-refractivity contribution in [3.63, 3.8) is 0 Å². The van der Waals surface area contributed by atoms with Gasteiger partial charge in [0.15, 0.2) is 5.79 Å². The maximum atomic E-state index is 10.6. The lowest BCUT2D eigenvalue weighted by Gasteiger charge is -2.17. The van der Waals surface area contributed by atoms with E-state index in [1.54, 1.807) is 0 Å². The van der Waals surface area contributed by atoms with Crippen LogP contribution in [0, 0.1) is 10.1 Å². The van der Waals surface area contributed by atoms with Gasteiger partial charge in [0, 0.05) is 12.6 Å². The second-order valence-corrected chi connectivity index (χ2v) is 5.02. The van der Waals surface area contributed by atoms with Crippen LogP contribution in [0.1, 0.15) is 13.8 Å². The number of rotatable bonds is 4. The van der Waals surface area contributed by atoms with Crippen LogP contribution in [0.4, 0.5) is 11.5 Å². The number of hydrogen-bond acceptors (Lipinski definition) is 6. The first-order valence-corrected chi connectivity index (χ1v) is 6.11. The molecule has 0 bridgehead atoms.